The van der Waals surface area contributed by atoms with Gasteiger partial charge in [-0.1, -0.05) is 109 Å². The fraction of sp³-hybridized carbons (Fsp3) is 0. The molecule has 4 aromatic carbocycles. The predicted octanol–water partition coefficient (Wildman–Crippen LogP) is 9.30. The van der Waals surface area contributed by atoms with E-state index < -0.39 is 0 Å². The molecular formula is C39H25N5. The second-order valence-electron chi connectivity index (χ2n) is 10.6. The van der Waals surface area contributed by atoms with E-state index in [1.807, 2.05) is 103 Å². The Morgan fingerprint density at radius 1 is 0.341 bits per heavy atom. The first-order valence-electron chi connectivity index (χ1n) is 14.5. The molecule has 0 N–H and O–H groups in total. The fourth-order valence-corrected chi connectivity index (χ4v) is 5.58. The van der Waals surface area contributed by atoms with Crippen LogP contribution in [0.1, 0.15) is 0 Å². The molecule has 0 aliphatic rings. The maximum Gasteiger partial charge on any atom is 0.160 e. The van der Waals surface area contributed by atoms with Gasteiger partial charge in [-0.05, 0) is 41.8 Å². The number of hydrogen-bond donors (Lipinski definition) is 0. The number of rotatable bonds is 5. The highest BCUT2D eigenvalue weighted by Gasteiger charge is 2.14. The average Bonchev–Trinajstić information content (AvgIpc) is 3.12. The third kappa shape index (κ3) is 4.76. The summed E-state index contributed by atoms with van der Waals surface area (Å²) in [5, 5.41) is 3.39. The van der Waals surface area contributed by atoms with Gasteiger partial charge in [-0.2, -0.15) is 0 Å². The first kappa shape index (κ1) is 25.6. The minimum Gasteiger partial charge on any atom is -0.254 e. The van der Waals surface area contributed by atoms with Crippen LogP contribution in [0.4, 0.5) is 0 Å². The van der Waals surface area contributed by atoms with E-state index in [9.17, 15) is 0 Å². The zero-order chi connectivity index (χ0) is 29.3. The molecule has 0 spiro atoms. The van der Waals surface area contributed by atoms with Crippen LogP contribution in [0.3, 0.4) is 0 Å². The molecule has 0 aliphatic heterocycles. The minimum atomic E-state index is 0.664. The molecule has 0 unspecified atom stereocenters. The van der Waals surface area contributed by atoms with Gasteiger partial charge < -0.3 is 0 Å². The smallest absolute Gasteiger partial charge is 0.160 e. The van der Waals surface area contributed by atoms with Gasteiger partial charge in [0, 0.05) is 33.7 Å². The molecule has 0 saturated carbocycles. The third-order valence-electron chi connectivity index (χ3n) is 7.75. The summed E-state index contributed by atoms with van der Waals surface area (Å²) < 4.78 is 0. The molecule has 0 aliphatic carbocycles. The Morgan fingerprint density at radius 3 is 1.77 bits per heavy atom. The van der Waals surface area contributed by atoms with E-state index >= 15 is 0 Å². The van der Waals surface area contributed by atoms with Gasteiger partial charge in [-0.25, -0.2) is 19.9 Å². The van der Waals surface area contributed by atoms with Crippen LogP contribution >= 0.6 is 0 Å². The van der Waals surface area contributed by atoms with Crippen molar-refractivity contribution in [2.45, 2.75) is 0 Å². The highest BCUT2D eigenvalue weighted by atomic mass is 14.9. The quantitative estimate of drug-likeness (QED) is 0.195. The van der Waals surface area contributed by atoms with Crippen LogP contribution in [0.15, 0.2) is 152 Å². The van der Waals surface area contributed by atoms with Gasteiger partial charge in [-0.3, -0.25) is 4.98 Å². The van der Waals surface area contributed by atoms with E-state index in [0.717, 1.165) is 67.1 Å². The van der Waals surface area contributed by atoms with Gasteiger partial charge in [-0.15, -0.1) is 0 Å². The average molecular weight is 564 g/mol. The van der Waals surface area contributed by atoms with Crippen LogP contribution in [-0.2, 0) is 0 Å². The second kappa shape index (κ2) is 11.0. The van der Waals surface area contributed by atoms with E-state index in [4.69, 9.17) is 24.9 Å². The van der Waals surface area contributed by atoms with Crippen molar-refractivity contribution in [3.8, 4) is 56.7 Å². The van der Waals surface area contributed by atoms with Crippen molar-refractivity contribution in [1.29, 1.82) is 0 Å². The minimum absolute atomic E-state index is 0.664. The van der Waals surface area contributed by atoms with Gasteiger partial charge >= 0.3 is 0 Å². The van der Waals surface area contributed by atoms with E-state index in [2.05, 4.69) is 48.5 Å². The van der Waals surface area contributed by atoms with Crippen molar-refractivity contribution in [3.63, 3.8) is 0 Å². The molecule has 0 atom stereocenters. The summed E-state index contributed by atoms with van der Waals surface area (Å²) in [6, 6.07) is 48.9. The first-order valence-corrected chi connectivity index (χ1v) is 14.5. The van der Waals surface area contributed by atoms with Gasteiger partial charge in [0.15, 0.2) is 5.82 Å². The summed E-state index contributed by atoms with van der Waals surface area (Å²) in [4.78, 5) is 24.7. The number of benzene rings is 4. The molecule has 0 radical (unpaired) electrons. The Bertz CT molecular complexity index is 2210. The molecule has 0 amide bonds. The van der Waals surface area contributed by atoms with Crippen molar-refractivity contribution >= 4 is 21.7 Å². The normalized spacial score (nSPS) is 11.2. The van der Waals surface area contributed by atoms with E-state index in [1.165, 1.54) is 5.39 Å². The van der Waals surface area contributed by atoms with Gasteiger partial charge in [0.05, 0.1) is 39.7 Å². The van der Waals surface area contributed by atoms with Crippen molar-refractivity contribution in [1.82, 2.24) is 24.9 Å². The summed E-state index contributed by atoms with van der Waals surface area (Å²) in [5.74, 6) is 0.664. The number of pyridine rings is 3. The van der Waals surface area contributed by atoms with Gasteiger partial charge in [0.25, 0.3) is 0 Å². The molecular weight excluding hydrogens is 538 g/mol. The maximum atomic E-state index is 5.05. The molecule has 206 valence electrons. The van der Waals surface area contributed by atoms with Gasteiger partial charge in [0.1, 0.15) is 0 Å². The Hall–Kier alpha value is -6.07. The van der Waals surface area contributed by atoms with E-state index in [0.29, 0.717) is 5.82 Å². The Kier molecular flexibility index (Phi) is 6.39. The summed E-state index contributed by atoms with van der Waals surface area (Å²) >= 11 is 0. The number of fused-ring (bicyclic) bond motifs is 3. The number of para-hydroxylation sites is 1. The molecule has 4 aromatic heterocycles. The van der Waals surface area contributed by atoms with Gasteiger partial charge in [0.2, 0.25) is 0 Å². The lowest BCUT2D eigenvalue weighted by molar-refractivity contribution is 1.16. The molecule has 44 heavy (non-hydrogen) atoms. The zero-order valence-electron chi connectivity index (χ0n) is 23.7. The third-order valence-corrected chi connectivity index (χ3v) is 7.75. The summed E-state index contributed by atoms with van der Waals surface area (Å²) in [6.07, 6.45) is 1.86. The van der Waals surface area contributed by atoms with Crippen LogP contribution < -0.4 is 0 Å². The van der Waals surface area contributed by atoms with Crippen molar-refractivity contribution < 1.29 is 0 Å². The van der Waals surface area contributed by atoms with Crippen molar-refractivity contribution in [2.24, 2.45) is 0 Å². The SMILES string of the molecule is c1ccc(-c2cc(-c3ccc(-c4cccc(-c5nc6ccccc6c6ccccc56)n4)cn3)nc(-c3ccccc3)n2)cc1. The summed E-state index contributed by atoms with van der Waals surface area (Å²) in [6.45, 7) is 0. The van der Waals surface area contributed by atoms with Crippen molar-refractivity contribution in [3.05, 3.63) is 152 Å². The summed E-state index contributed by atoms with van der Waals surface area (Å²) in [7, 11) is 0. The number of hydrogen-bond acceptors (Lipinski definition) is 5. The maximum absolute atomic E-state index is 5.05. The molecule has 4 heterocycles. The Morgan fingerprint density at radius 2 is 1.00 bits per heavy atom. The van der Waals surface area contributed by atoms with Crippen LogP contribution in [0.2, 0.25) is 0 Å². The molecule has 8 aromatic rings. The van der Waals surface area contributed by atoms with E-state index in [-0.39, 0.29) is 0 Å². The molecule has 8 rings (SSSR count). The lowest BCUT2D eigenvalue weighted by atomic mass is 10.0. The standard InChI is InChI=1S/C39H25N5/c1-3-12-26(13-4-1)36-24-37(44-39(43-36)27-14-5-2-6-15-27)34-23-22-28(25-40-34)32-20-11-21-35(41-32)38-31-18-8-7-16-29(31)30-17-9-10-19-33(30)42-38/h1-25H. The molecule has 5 nitrogen and oxygen atoms in total. The van der Waals surface area contributed by atoms with Crippen LogP contribution in [0.5, 0.6) is 0 Å². The monoisotopic (exact) mass is 563 g/mol. The van der Waals surface area contributed by atoms with Crippen LogP contribution in [0.25, 0.3) is 78.4 Å². The lowest BCUT2D eigenvalue weighted by Crippen LogP contribution is -1.97. The van der Waals surface area contributed by atoms with E-state index in [1.54, 1.807) is 0 Å². The lowest BCUT2D eigenvalue weighted by Gasteiger charge is -2.11. The first-order chi connectivity index (χ1) is 21.8. The molecule has 0 bridgehead atoms. The zero-order valence-corrected chi connectivity index (χ0v) is 23.7. The second-order valence-corrected chi connectivity index (χ2v) is 10.6. The highest BCUT2D eigenvalue weighted by molar-refractivity contribution is 6.10. The largest absolute Gasteiger partial charge is 0.254 e. The topological polar surface area (TPSA) is 64.5 Å². The Balaban J connectivity index is 1.19. The van der Waals surface area contributed by atoms with Crippen LogP contribution in [0, 0.1) is 0 Å². The van der Waals surface area contributed by atoms with Crippen molar-refractivity contribution in [2.75, 3.05) is 0 Å². The predicted molar refractivity (Wildman–Crippen MR) is 178 cm³/mol. The van der Waals surface area contributed by atoms with Crippen LogP contribution in [-0.4, -0.2) is 24.9 Å². The Labute approximate surface area is 254 Å². The summed E-state index contributed by atoms with van der Waals surface area (Å²) in [5.41, 5.74) is 8.76. The molecule has 0 saturated heterocycles. The number of nitrogens with zero attached hydrogens (tertiary/aromatic N) is 5. The number of aromatic nitrogens is 5. The molecule has 5 heteroatoms. The molecule has 0 fully saturated rings. The highest BCUT2D eigenvalue weighted by Crippen LogP contribution is 2.33. The fourth-order valence-electron chi connectivity index (χ4n) is 5.58.